The summed E-state index contributed by atoms with van der Waals surface area (Å²) in [5.74, 6) is 1.32. The molecule has 108 valence electrons. The van der Waals surface area contributed by atoms with Crippen molar-refractivity contribution in [3.05, 3.63) is 18.2 Å². The summed E-state index contributed by atoms with van der Waals surface area (Å²) in [5.41, 5.74) is 7.34. The molecule has 0 saturated heterocycles. The van der Waals surface area contributed by atoms with Gasteiger partial charge in [0.05, 0.1) is 18.4 Å². The number of tetrazole rings is 1. The van der Waals surface area contributed by atoms with Gasteiger partial charge in [-0.3, -0.25) is 0 Å². The molecule has 6 nitrogen and oxygen atoms in total. The summed E-state index contributed by atoms with van der Waals surface area (Å²) in [4.78, 5) is 0. The molecular formula is C14H21N5O. The third-order valence-electron chi connectivity index (χ3n) is 3.25. The van der Waals surface area contributed by atoms with Gasteiger partial charge in [0, 0.05) is 6.54 Å². The molecule has 0 spiro atoms. The molecule has 0 atom stereocenters. The van der Waals surface area contributed by atoms with Gasteiger partial charge in [0.25, 0.3) is 0 Å². The number of anilines is 1. The highest BCUT2D eigenvalue weighted by Crippen LogP contribution is 2.33. The number of nitrogen functional groups attached to an aromatic ring is 1. The second-order valence-corrected chi connectivity index (χ2v) is 4.71. The van der Waals surface area contributed by atoms with E-state index in [0.29, 0.717) is 17.3 Å². The predicted octanol–water partition coefficient (Wildman–Crippen LogP) is 2.51. The molecule has 0 aliphatic heterocycles. The first-order valence-corrected chi connectivity index (χ1v) is 6.97. The Morgan fingerprint density at radius 1 is 1.25 bits per heavy atom. The van der Waals surface area contributed by atoms with Crippen molar-refractivity contribution in [3.8, 4) is 17.1 Å². The Labute approximate surface area is 118 Å². The van der Waals surface area contributed by atoms with Gasteiger partial charge in [0.15, 0.2) is 11.6 Å². The van der Waals surface area contributed by atoms with Crippen molar-refractivity contribution in [2.45, 2.75) is 39.2 Å². The summed E-state index contributed by atoms with van der Waals surface area (Å²) in [7, 11) is 1.60. The van der Waals surface area contributed by atoms with E-state index in [1.54, 1.807) is 13.2 Å². The monoisotopic (exact) mass is 275 g/mol. The number of hydrogen-bond donors (Lipinski definition) is 1. The van der Waals surface area contributed by atoms with E-state index in [0.717, 1.165) is 18.5 Å². The van der Waals surface area contributed by atoms with Crippen LogP contribution in [0.1, 0.15) is 32.6 Å². The Bertz CT molecular complexity index is 552. The molecule has 6 heteroatoms. The normalized spacial score (nSPS) is 10.7. The lowest BCUT2D eigenvalue weighted by Crippen LogP contribution is -2.04. The first-order valence-electron chi connectivity index (χ1n) is 6.97. The van der Waals surface area contributed by atoms with Crippen LogP contribution in [0, 0.1) is 0 Å². The van der Waals surface area contributed by atoms with Crippen molar-refractivity contribution >= 4 is 5.69 Å². The second kappa shape index (κ2) is 6.88. The molecule has 2 N–H and O–H groups in total. The Morgan fingerprint density at radius 2 is 2.10 bits per heavy atom. The molecule has 0 amide bonds. The van der Waals surface area contributed by atoms with Gasteiger partial charge in [-0.15, -0.1) is 5.10 Å². The molecule has 0 fully saturated rings. The fraction of sp³-hybridized carbons (Fsp3) is 0.500. The summed E-state index contributed by atoms with van der Waals surface area (Å²) in [6, 6.07) is 5.60. The molecule has 0 aliphatic rings. The molecule has 0 aliphatic carbocycles. The number of unbranched alkanes of at least 4 members (excludes halogenated alkanes) is 3. The molecule has 0 saturated carbocycles. The highest BCUT2D eigenvalue weighted by atomic mass is 16.5. The van der Waals surface area contributed by atoms with Crippen molar-refractivity contribution in [1.29, 1.82) is 0 Å². The van der Waals surface area contributed by atoms with Gasteiger partial charge in [0.1, 0.15) is 0 Å². The molecule has 0 radical (unpaired) electrons. The summed E-state index contributed by atoms with van der Waals surface area (Å²) >= 11 is 0. The van der Waals surface area contributed by atoms with Gasteiger partial charge in [-0.05, 0) is 29.0 Å². The fourth-order valence-corrected chi connectivity index (χ4v) is 2.20. The van der Waals surface area contributed by atoms with Crippen LogP contribution in [0.15, 0.2) is 18.2 Å². The summed E-state index contributed by atoms with van der Waals surface area (Å²) < 4.78 is 7.18. The standard InChI is InChI=1S/C14H21N5O/c1-3-4-5-6-10-19-14(16-17-18-19)11-8-7-9-12(15)13(11)20-2/h7-9H,3-6,10,15H2,1-2H3. The van der Waals surface area contributed by atoms with Gasteiger partial charge in [-0.1, -0.05) is 32.3 Å². The molecule has 0 bridgehead atoms. The molecular weight excluding hydrogens is 254 g/mol. The number of hydrogen-bond acceptors (Lipinski definition) is 5. The number of aryl methyl sites for hydroxylation is 1. The lowest BCUT2D eigenvalue weighted by molar-refractivity contribution is 0.417. The molecule has 0 unspecified atom stereocenters. The number of nitrogens with zero attached hydrogens (tertiary/aromatic N) is 4. The van der Waals surface area contributed by atoms with Gasteiger partial charge in [-0.2, -0.15) is 0 Å². The summed E-state index contributed by atoms with van der Waals surface area (Å²) in [6.07, 6.45) is 4.70. The number of nitrogens with two attached hydrogens (primary N) is 1. The molecule has 1 heterocycles. The molecule has 1 aromatic heterocycles. The fourth-order valence-electron chi connectivity index (χ4n) is 2.20. The quantitative estimate of drug-likeness (QED) is 0.620. The lowest BCUT2D eigenvalue weighted by Gasteiger charge is -2.10. The zero-order valence-corrected chi connectivity index (χ0v) is 12.0. The van der Waals surface area contributed by atoms with Crippen LogP contribution in [0.3, 0.4) is 0 Å². The van der Waals surface area contributed by atoms with Gasteiger partial charge < -0.3 is 10.5 Å². The van der Waals surface area contributed by atoms with Crippen LogP contribution in [-0.4, -0.2) is 27.3 Å². The average Bonchev–Trinajstić information content (AvgIpc) is 2.91. The van der Waals surface area contributed by atoms with Crippen LogP contribution < -0.4 is 10.5 Å². The van der Waals surface area contributed by atoms with Crippen LogP contribution in [-0.2, 0) is 6.54 Å². The third kappa shape index (κ3) is 3.07. The number of ether oxygens (including phenoxy) is 1. The van der Waals surface area contributed by atoms with E-state index in [2.05, 4.69) is 22.4 Å². The van der Waals surface area contributed by atoms with Crippen molar-refractivity contribution in [2.75, 3.05) is 12.8 Å². The van der Waals surface area contributed by atoms with E-state index in [-0.39, 0.29) is 0 Å². The van der Waals surface area contributed by atoms with Crippen molar-refractivity contribution in [2.24, 2.45) is 0 Å². The Morgan fingerprint density at radius 3 is 2.85 bits per heavy atom. The van der Waals surface area contributed by atoms with Gasteiger partial charge >= 0.3 is 0 Å². The highest BCUT2D eigenvalue weighted by Gasteiger charge is 2.15. The summed E-state index contributed by atoms with van der Waals surface area (Å²) in [5, 5.41) is 11.9. The minimum Gasteiger partial charge on any atom is -0.494 e. The van der Waals surface area contributed by atoms with Crippen LogP contribution in [0.4, 0.5) is 5.69 Å². The van der Waals surface area contributed by atoms with Crippen LogP contribution in [0.25, 0.3) is 11.4 Å². The lowest BCUT2D eigenvalue weighted by atomic mass is 10.1. The van der Waals surface area contributed by atoms with Crippen molar-refractivity contribution in [1.82, 2.24) is 20.2 Å². The van der Waals surface area contributed by atoms with E-state index < -0.39 is 0 Å². The maximum absolute atomic E-state index is 5.92. The van der Waals surface area contributed by atoms with Crippen LogP contribution >= 0.6 is 0 Å². The maximum Gasteiger partial charge on any atom is 0.185 e. The van der Waals surface area contributed by atoms with Gasteiger partial charge in [-0.25, -0.2) is 4.68 Å². The van der Waals surface area contributed by atoms with E-state index in [9.17, 15) is 0 Å². The summed E-state index contributed by atoms with van der Waals surface area (Å²) in [6.45, 7) is 3.00. The second-order valence-electron chi connectivity index (χ2n) is 4.71. The Kier molecular flexibility index (Phi) is 4.92. The van der Waals surface area contributed by atoms with Crippen molar-refractivity contribution < 1.29 is 4.74 Å². The first kappa shape index (κ1) is 14.3. The third-order valence-corrected chi connectivity index (χ3v) is 3.25. The Balaban J connectivity index is 2.21. The molecule has 20 heavy (non-hydrogen) atoms. The molecule has 1 aromatic carbocycles. The van der Waals surface area contributed by atoms with Gasteiger partial charge in [0.2, 0.25) is 0 Å². The number of aromatic nitrogens is 4. The molecule has 2 rings (SSSR count). The highest BCUT2D eigenvalue weighted by molar-refractivity contribution is 5.73. The Hall–Kier alpha value is -2.11. The smallest absolute Gasteiger partial charge is 0.185 e. The molecule has 2 aromatic rings. The first-order chi connectivity index (χ1) is 9.77. The zero-order chi connectivity index (χ0) is 14.4. The number of rotatable bonds is 7. The number of benzene rings is 1. The topological polar surface area (TPSA) is 78.9 Å². The minimum absolute atomic E-state index is 0.588. The largest absolute Gasteiger partial charge is 0.494 e. The number of methoxy groups -OCH3 is 1. The SMILES string of the molecule is CCCCCCn1nnnc1-c1cccc(N)c1OC. The zero-order valence-electron chi connectivity index (χ0n) is 12.0. The van der Waals surface area contributed by atoms with E-state index in [1.807, 2.05) is 16.8 Å². The van der Waals surface area contributed by atoms with Crippen molar-refractivity contribution in [3.63, 3.8) is 0 Å². The van der Waals surface area contributed by atoms with Crippen LogP contribution in [0.5, 0.6) is 5.75 Å². The van der Waals surface area contributed by atoms with E-state index in [4.69, 9.17) is 10.5 Å². The minimum atomic E-state index is 0.588. The van der Waals surface area contributed by atoms with E-state index >= 15 is 0 Å². The van der Waals surface area contributed by atoms with Crippen LogP contribution in [0.2, 0.25) is 0 Å². The maximum atomic E-state index is 5.92. The van der Waals surface area contributed by atoms with E-state index in [1.165, 1.54) is 19.3 Å². The number of para-hydroxylation sites is 1. The predicted molar refractivity (Wildman–Crippen MR) is 78.4 cm³/mol. The average molecular weight is 275 g/mol.